The largest absolute Gasteiger partial charge is 0.334 e. The van der Waals surface area contributed by atoms with Gasteiger partial charge in [0.05, 0.1) is 6.33 Å². The van der Waals surface area contributed by atoms with E-state index in [-0.39, 0.29) is 17.0 Å². The van der Waals surface area contributed by atoms with Gasteiger partial charge in [-0.05, 0) is 30.5 Å². The number of aromatic nitrogens is 2. The summed E-state index contributed by atoms with van der Waals surface area (Å²) < 4.78 is 29.9. The van der Waals surface area contributed by atoms with Crippen LogP contribution in [0.3, 0.4) is 0 Å². The second-order valence-electron chi connectivity index (χ2n) is 7.21. The number of sulfonamides is 1. The van der Waals surface area contributed by atoms with Gasteiger partial charge in [-0.1, -0.05) is 54.6 Å². The van der Waals surface area contributed by atoms with Crippen molar-refractivity contribution in [1.82, 2.24) is 13.9 Å². The van der Waals surface area contributed by atoms with Gasteiger partial charge < -0.3 is 4.57 Å². The van der Waals surface area contributed by atoms with E-state index in [1.165, 1.54) is 5.56 Å². The molecule has 0 aliphatic carbocycles. The number of rotatable bonds is 4. The van der Waals surface area contributed by atoms with Crippen LogP contribution < -0.4 is 0 Å². The SMILES string of the molecule is CC(C)n1cnc(S(=O)(=O)N2Cc3ccccc3C(c3ccccc3)C2)c1. The van der Waals surface area contributed by atoms with Gasteiger partial charge in [-0.25, -0.2) is 13.4 Å². The molecular formula is C21H23N3O2S. The molecule has 1 atom stereocenters. The first-order valence-corrected chi connectivity index (χ1v) is 10.6. The summed E-state index contributed by atoms with van der Waals surface area (Å²) in [6.45, 7) is 4.79. The van der Waals surface area contributed by atoms with Crippen LogP contribution in [0.1, 0.15) is 42.5 Å². The number of imidazole rings is 1. The first kappa shape index (κ1) is 17.9. The molecule has 0 radical (unpaired) electrons. The maximum absolute atomic E-state index is 13.3. The molecule has 1 aliphatic rings. The van der Waals surface area contributed by atoms with E-state index in [1.54, 1.807) is 16.8 Å². The second kappa shape index (κ2) is 6.94. The smallest absolute Gasteiger partial charge is 0.262 e. The van der Waals surface area contributed by atoms with Crippen molar-refractivity contribution < 1.29 is 8.42 Å². The van der Waals surface area contributed by atoms with E-state index in [0.717, 1.165) is 11.1 Å². The summed E-state index contributed by atoms with van der Waals surface area (Å²) >= 11 is 0. The van der Waals surface area contributed by atoms with Crippen molar-refractivity contribution in [1.29, 1.82) is 0 Å². The molecule has 3 aromatic rings. The molecule has 2 aromatic carbocycles. The Hall–Kier alpha value is -2.44. The predicted octanol–water partition coefficient (Wildman–Crippen LogP) is 3.80. The third kappa shape index (κ3) is 3.31. The quantitative estimate of drug-likeness (QED) is 0.691. The monoisotopic (exact) mass is 381 g/mol. The lowest BCUT2D eigenvalue weighted by Gasteiger charge is -2.33. The van der Waals surface area contributed by atoms with E-state index in [2.05, 4.69) is 23.2 Å². The first-order chi connectivity index (χ1) is 13.0. The Balaban J connectivity index is 1.74. The molecule has 0 fully saturated rings. The molecule has 5 nitrogen and oxygen atoms in total. The van der Waals surface area contributed by atoms with Crippen molar-refractivity contribution in [3.05, 3.63) is 83.8 Å². The van der Waals surface area contributed by atoms with Gasteiger partial charge >= 0.3 is 0 Å². The minimum Gasteiger partial charge on any atom is -0.334 e. The van der Waals surface area contributed by atoms with Crippen LogP contribution in [-0.2, 0) is 16.6 Å². The summed E-state index contributed by atoms with van der Waals surface area (Å²) in [6, 6.07) is 18.4. The lowest BCUT2D eigenvalue weighted by molar-refractivity contribution is 0.370. The van der Waals surface area contributed by atoms with Crippen molar-refractivity contribution in [2.45, 2.75) is 37.4 Å². The fourth-order valence-electron chi connectivity index (χ4n) is 3.59. The molecule has 4 rings (SSSR count). The lowest BCUT2D eigenvalue weighted by Crippen LogP contribution is -2.38. The zero-order chi connectivity index (χ0) is 19.0. The van der Waals surface area contributed by atoms with E-state index in [0.29, 0.717) is 13.1 Å². The van der Waals surface area contributed by atoms with E-state index < -0.39 is 10.0 Å². The zero-order valence-electron chi connectivity index (χ0n) is 15.5. The Morgan fingerprint density at radius 3 is 2.44 bits per heavy atom. The van der Waals surface area contributed by atoms with Crippen LogP contribution >= 0.6 is 0 Å². The highest BCUT2D eigenvalue weighted by atomic mass is 32.2. The van der Waals surface area contributed by atoms with Crippen molar-refractivity contribution >= 4 is 10.0 Å². The molecule has 1 aromatic heterocycles. The average molecular weight is 382 g/mol. The Kier molecular flexibility index (Phi) is 4.61. The van der Waals surface area contributed by atoms with Gasteiger partial charge in [0.2, 0.25) is 0 Å². The molecular weight excluding hydrogens is 358 g/mol. The van der Waals surface area contributed by atoms with Crippen molar-refractivity contribution in [3.8, 4) is 0 Å². The Labute approximate surface area is 160 Å². The van der Waals surface area contributed by atoms with Crippen LogP contribution in [0.2, 0.25) is 0 Å². The highest BCUT2D eigenvalue weighted by molar-refractivity contribution is 7.89. The van der Waals surface area contributed by atoms with E-state index >= 15 is 0 Å². The maximum atomic E-state index is 13.3. The maximum Gasteiger partial charge on any atom is 0.262 e. The molecule has 1 aliphatic heterocycles. The van der Waals surface area contributed by atoms with Crippen LogP contribution in [0.15, 0.2) is 72.1 Å². The summed E-state index contributed by atoms with van der Waals surface area (Å²) in [5.74, 6) is 0.0121. The number of hydrogen-bond acceptors (Lipinski definition) is 3. The van der Waals surface area contributed by atoms with Gasteiger partial charge in [-0.2, -0.15) is 4.31 Å². The topological polar surface area (TPSA) is 55.2 Å². The zero-order valence-corrected chi connectivity index (χ0v) is 16.3. The number of benzene rings is 2. The summed E-state index contributed by atoms with van der Waals surface area (Å²) in [7, 11) is -3.66. The number of nitrogens with zero attached hydrogens (tertiary/aromatic N) is 3. The van der Waals surface area contributed by atoms with Crippen LogP contribution in [0, 0.1) is 0 Å². The second-order valence-corrected chi connectivity index (χ2v) is 9.10. The van der Waals surface area contributed by atoms with Crippen molar-refractivity contribution in [3.63, 3.8) is 0 Å². The van der Waals surface area contributed by atoms with E-state index in [9.17, 15) is 8.42 Å². The molecule has 6 heteroatoms. The van der Waals surface area contributed by atoms with Gasteiger partial charge in [0.1, 0.15) is 0 Å². The fraction of sp³-hybridized carbons (Fsp3) is 0.286. The van der Waals surface area contributed by atoms with Crippen LogP contribution in [0.25, 0.3) is 0 Å². The molecule has 140 valence electrons. The van der Waals surface area contributed by atoms with Gasteiger partial charge in [-0.3, -0.25) is 0 Å². The predicted molar refractivity (Wildman–Crippen MR) is 105 cm³/mol. The molecule has 1 unspecified atom stereocenters. The van der Waals surface area contributed by atoms with Gasteiger partial charge in [0.15, 0.2) is 5.03 Å². The van der Waals surface area contributed by atoms with E-state index in [4.69, 9.17) is 0 Å². The third-order valence-corrected chi connectivity index (χ3v) is 6.84. The summed E-state index contributed by atoms with van der Waals surface area (Å²) in [6.07, 6.45) is 3.21. The first-order valence-electron chi connectivity index (χ1n) is 9.13. The normalized spacial score (nSPS) is 17.8. The molecule has 27 heavy (non-hydrogen) atoms. The van der Waals surface area contributed by atoms with Crippen LogP contribution in [0.4, 0.5) is 0 Å². The highest BCUT2D eigenvalue weighted by Gasteiger charge is 2.35. The summed E-state index contributed by atoms with van der Waals surface area (Å²) in [5, 5.41) is 0.113. The molecule has 0 saturated heterocycles. The highest BCUT2D eigenvalue weighted by Crippen LogP contribution is 2.35. The number of hydrogen-bond donors (Lipinski definition) is 0. The summed E-state index contributed by atoms with van der Waals surface area (Å²) in [5.41, 5.74) is 3.37. The fourth-order valence-corrected chi connectivity index (χ4v) is 4.95. The molecule has 0 spiro atoms. The molecule has 0 saturated carbocycles. The minimum atomic E-state index is -3.66. The lowest BCUT2D eigenvalue weighted by atomic mass is 9.86. The average Bonchev–Trinajstić information content (AvgIpc) is 3.19. The van der Waals surface area contributed by atoms with Gasteiger partial charge in [0, 0.05) is 31.2 Å². The molecule has 0 N–H and O–H groups in total. The van der Waals surface area contributed by atoms with Crippen LogP contribution in [-0.4, -0.2) is 28.8 Å². The summed E-state index contributed by atoms with van der Waals surface area (Å²) in [4.78, 5) is 4.17. The standard InChI is InChI=1S/C21H23N3O2S/c1-16(2)23-14-21(22-15-23)27(25,26)24-12-18-10-6-7-11-19(18)20(13-24)17-8-4-3-5-9-17/h3-11,14-16,20H,12-13H2,1-2H3. The number of fused-ring (bicyclic) bond motifs is 1. The Morgan fingerprint density at radius 2 is 1.74 bits per heavy atom. The third-order valence-electron chi connectivity index (χ3n) is 5.14. The van der Waals surface area contributed by atoms with Crippen LogP contribution in [0.5, 0.6) is 0 Å². The molecule has 0 bridgehead atoms. The molecule has 2 heterocycles. The Bertz CT molecular complexity index is 1040. The van der Waals surface area contributed by atoms with Crippen molar-refractivity contribution in [2.75, 3.05) is 6.54 Å². The van der Waals surface area contributed by atoms with Gasteiger partial charge in [-0.15, -0.1) is 0 Å². The van der Waals surface area contributed by atoms with E-state index in [1.807, 2.05) is 54.8 Å². The van der Waals surface area contributed by atoms with Crippen molar-refractivity contribution in [2.24, 2.45) is 0 Å². The minimum absolute atomic E-state index is 0.0121. The van der Waals surface area contributed by atoms with Gasteiger partial charge in [0.25, 0.3) is 10.0 Å². The Morgan fingerprint density at radius 1 is 1.04 bits per heavy atom. The molecule has 0 amide bonds.